The Hall–Kier alpha value is -3.63. The van der Waals surface area contributed by atoms with Crippen LogP contribution in [0.3, 0.4) is 0 Å². The van der Waals surface area contributed by atoms with Crippen molar-refractivity contribution in [3.8, 4) is 22.1 Å². The summed E-state index contributed by atoms with van der Waals surface area (Å²) in [6.07, 6.45) is 0. The van der Waals surface area contributed by atoms with E-state index in [2.05, 4.69) is 54.6 Å². The Bertz CT molecular complexity index is 1480. The van der Waals surface area contributed by atoms with Gasteiger partial charge in [0.2, 0.25) is 0 Å². The molecule has 136 valence electrons. The number of benzene rings is 4. The van der Waals surface area contributed by atoms with Crippen molar-refractivity contribution in [3.63, 3.8) is 0 Å². The lowest BCUT2D eigenvalue weighted by Crippen LogP contribution is -1.95. The summed E-state index contributed by atoms with van der Waals surface area (Å²) in [5.41, 5.74) is 3.83. The molecule has 0 radical (unpaired) electrons. The Morgan fingerprint density at radius 2 is 1.34 bits per heavy atom. The number of nitrogens with zero attached hydrogens (tertiary/aromatic N) is 3. The van der Waals surface area contributed by atoms with Crippen molar-refractivity contribution in [2.24, 2.45) is 0 Å². The van der Waals surface area contributed by atoms with E-state index < -0.39 is 0 Å². The smallest absolute Gasteiger partial charge is 0.160 e. The van der Waals surface area contributed by atoms with Gasteiger partial charge in [-0.1, -0.05) is 66.7 Å². The Morgan fingerprint density at radius 3 is 2.24 bits per heavy atom. The highest BCUT2D eigenvalue weighted by atomic mass is 32.1. The fourth-order valence-corrected chi connectivity index (χ4v) is 4.64. The highest BCUT2D eigenvalue weighted by Gasteiger charge is 2.15. The van der Waals surface area contributed by atoms with Crippen LogP contribution in [0.4, 0.5) is 0 Å². The minimum Gasteiger partial charge on any atom is -0.234 e. The van der Waals surface area contributed by atoms with Crippen molar-refractivity contribution in [1.29, 1.82) is 0 Å². The molecule has 4 aromatic carbocycles. The molecule has 0 aliphatic rings. The maximum Gasteiger partial charge on any atom is 0.160 e. The number of rotatable bonds is 2. The van der Waals surface area contributed by atoms with Crippen LogP contribution in [0, 0.1) is 0 Å². The third-order valence-corrected chi connectivity index (χ3v) is 6.15. The summed E-state index contributed by atoms with van der Waals surface area (Å²) in [6, 6.07) is 31.1. The molecule has 0 bridgehead atoms. The molecule has 4 heteroatoms. The van der Waals surface area contributed by atoms with Gasteiger partial charge in [-0.25, -0.2) is 15.0 Å². The molecule has 0 amide bonds. The zero-order chi connectivity index (χ0) is 19.2. The Kier molecular flexibility index (Phi) is 3.64. The van der Waals surface area contributed by atoms with Gasteiger partial charge >= 0.3 is 0 Å². The number of hydrogen-bond acceptors (Lipinski definition) is 4. The quantitative estimate of drug-likeness (QED) is 0.330. The van der Waals surface area contributed by atoms with Crippen LogP contribution in [-0.2, 0) is 0 Å². The largest absolute Gasteiger partial charge is 0.234 e. The average Bonchev–Trinajstić information content (AvgIpc) is 3.22. The first-order valence-electron chi connectivity index (χ1n) is 9.47. The van der Waals surface area contributed by atoms with E-state index in [9.17, 15) is 0 Å². The molecule has 6 aromatic rings. The van der Waals surface area contributed by atoms with Gasteiger partial charge in [-0.15, -0.1) is 11.3 Å². The number of para-hydroxylation sites is 2. The predicted molar refractivity (Wildman–Crippen MR) is 121 cm³/mol. The average molecular weight is 389 g/mol. The minimum atomic E-state index is 0.726. The lowest BCUT2D eigenvalue weighted by molar-refractivity contribution is 1.22. The number of fused-ring (bicyclic) bond motifs is 3. The highest BCUT2D eigenvalue weighted by molar-refractivity contribution is 7.21. The Morgan fingerprint density at radius 1 is 0.586 bits per heavy atom. The standard InChI is InChI=1S/C25H15N3S/c1-2-8-17-15-18(14-13-16(17)7-1)24-26-20-10-4-3-9-19(20)23(28-24)25-27-21-11-5-6-12-22(21)29-25/h1-15H. The first-order valence-corrected chi connectivity index (χ1v) is 10.3. The third-order valence-electron chi connectivity index (χ3n) is 5.11. The first-order chi connectivity index (χ1) is 14.3. The fourth-order valence-electron chi connectivity index (χ4n) is 3.67. The van der Waals surface area contributed by atoms with Gasteiger partial charge in [0.05, 0.1) is 15.7 Å². The van der Waals surface area contributed by atoms with Gasteiger partial charge < -0.3 is 0 Å². The van der Waals surface area contributed by atoms with Crippen LogP contribution < -0.4 is 0 Å². The van der Waals surface area contributed by atoms with Gasteiger partial charge in [0, 0.05) is 10.9 Å². The van der Waals surface area contributed by atoms with E-state index in [0.29, 0.717) is 0 Å². The number of aromatic nitrogens is 3. The number of thiazole rings is 1. The molecule has 0 fully saturated rings. The van der Waals surface area contributed by atoms with E-state index in [-0.39, 0.29) is 0 Å². The van der Waals surface area contributed by atoms with Gasteiger partial charge in [0.1, 0.15) is 10.7 Å². The van der Waals surface area contributed by atoms with Crippen molar-refractivity contribution < 1.29 is 0 Å². The van der Waals surface area contributed by atoms with Crippen LogP contribution in [-0.4, -0.2) is 15.0 Å². The second kappa shape index (κ2) is 6.47. The zero-order valence-electron chi connectivity index (χ0n) is 15.4. The molecule has 0 saturated carbocycles. The molecular formula is C25H15N3S. The summed E-state index contributed by atoms with van der Waals surface area (Å²) in [5.74, 6) is 0.726. The lowest BCUT2D eigenvalue weighted by Gasteiger charge is -2.08. The molecular weight excluding hydrogens is 374 g/mol. The molecule has 0 saturated heterocycles. The second-order valence-corrected chi connectivity index (χ2v) is 7.99. The molecule has 6 rings (SSSR count). The van der Waals surface area contributed by atoms with Crippen molar-refractivity contribution in [2.75, 3.05) is 0 Å². The van der Waals surface area contributed by atoms with Crippen LogP contribution in [0.15, 0.2) is 91.0 Å². The first kappa shape index (κ1) is 16.3. The van der Waals surface area contributed by atoms with E-state index in [1.165, 1.54) is 10.8 Å². The van der Waals surface area contributed by atoms with Crippen LogP contribution in [0.5, 0.6) is 0 Å². The summed E-state index contributed by atoms with van der Waals surface area (Å²) in [5, 5.41) is 4.34. The summed E-state index contributed by atoms with van der Waals surface area (Å²) in [4.78, 5) is 14.7. The van der Waals surface area contributed by atoms with E-state index in [4.69, 9.17) is 15.0 Å². The van der Waals surface area contributed by atoms with Crippen molar-refractivity contribution in [3.05, 3.63) is 91.0 Å². The normalized spacial score (nSPS) is 11.4. The van der Waals surface area contributed by atoms with E-state index in [0.717, 1.165) is 43.2 Å². The van der Waals surface area contributed by atoms with Crippen LogP contribution in [0.1, 0.15) is 0 Å². The van der Waals surface area contributed by atoms with Crippen LogP contribution in [0.25, 0.3) is 54.0 Å². The fraction of sp³-hybridized carbons (Fsp3) is 0. The molecule has 0 spiro atoms. The van der Waals surface area contributed by atoms with Gasteiger partial charge in [-0.3, -0.25) is 0 Å². The van der Waals surface area contributed by atoms with Gasteiger partial charge in [0.25, 0.3) is 0 Å². The SMILES string of the molecule is c1ccc2cc(-c3nc(-c4nc5ccccc5s4)c4ccccc4n3)ccc2c1. The Labute approximate surface area is 171 Å². The predicted octanol–water partition coefficient (Wildman–Crippen LogP) is 6.73. The Balaban J connectivity index is 1.61. The maximum atomic E-state index is 4.98. The van der Waals surface area contributed by atoms with Crippen molar-refractivity contribution in [1.82, 2.24) is 15.0 Å². The molecule has 3 nitrogen and oxygen atoms in total. The minimum absolute atomic E-state index is 0.726. The van der Waals surface area contributed by atoms with Gasteiger partial charge in [-0.05, 0) is 35.0 Å². The summed E-state index contributed by atoms with van der Waals surface area (Å²) in [7, 11) is 0. The van der Waals surface area contributed by atoms with E-state index >= 15 is 0 Å². The van der Waals surface area contributed by atoms with Crippen LogP contribution >= 0.6 is 11.3 Å². The lowest BCUT2D eigenvalue weighted by atomic mass is 10.1. The number of hydrogen-bond donors (Lipinski definition) is 0. The van der Waals surface area contributed by atoms with Crippen molar-refractivity contribution >= 4 is 43.2 Å². The molecule has 0 atom stereocenters. The van der Waals surface area contributed by atoms with Crippen molar-refractivity contribution in [2.45, 2.75) is 0 Å². The monoisotopic (exact) mass is 389 g/mol. The molecule has 2 heterocycles. The molecule has 2 aromatic heterocycles. The molecule has 29 heavy (non-hydrogen) atoms. The van der Waals surface area contributed by atoms with Gasteiger partial charge in [0.15, 0.2) is 5.82 Å². The zero-order valence-corrected chi connectivity index (χ0v) is 16.2. The second-order valence-electron chi connectivity index (χ2n) is 6.96. The highest BCUT2D eigenvalue weighted by Crippen LogP contribution is 2.34. The summed E-state index contributed by atoms with van der Waals surface area (Å²) < 4.78 is 1.16. The maximum absolute atomic E-state index is 4.98. The van der Waals surface area contributed by atoms with Gasteiger partial charge in [-0.2, -0.15) is 0 Å². The van der Waals surface area contributed by atoms with Crippen LogP contribution in [0.2, 0.25) is 0 Å². The molecule has 0 N–H and O–H groups in total. The molecule has 0 unspecified atom stereocenters. The molecule has 0 aliphatic carbocycles. The van der Waals surface area contributed by atoms with E-state index in [1.807, 2.05) is 36.4 Å². The third kappa shape index (κ3) is 2.77. The molecule has 0 aliphatic heterocycles. The topological polar surface area (TPSA) is 38.7 Å². The summed E-state index contributed by atoms with van der Waals surface area (Å²) >= 11 is 1.67. The summed E-state index contributed by atoms with van der Waals surface area (Å²) in [6.45, 7) is 0. The van der Waals surface area contributed by atoms with E-state index in [1.54, 1.807) is 11.3 Å².